The van der Waals surface area contributed by atoms with Gasteiger partial charge in [0, 0.05) is 29.9 Å². The van der Waals surface area contributed by atoms with Crippen LogP contribution < -0.4 is 27.9 Å². The van der Waals surface area contributed by atoms with Crippen molar-refractivity contribution in [2.24, 2.45) is 11.3 Å². The van der Waals surface area contributed by atoms with Gasteiger partial charge in [-0.3, -0.25) is 33.5 Å². The molecule has 18 heteroatoms. The third-order valence-corrected chi connectivity index (χ3v) is 9.70. The van der Waals surface area contributed by atoms with Gasteiger partial charge in [0.25, 0.3) is 11.1 Å². The normalized spacial score (nSPS) is 25.0. The number of esters is 1. The van der Waals surface area contributed by atoms with E-state index in [1.807, 2.05) is 13.8 Å². The Hall–Kier alpha value is -3.76. The third-order valence-electron chi connectivity index (χ3n) is 8.28. The lowest BCUT2D eigenvalue weighted by atomic mass is 9.98. The van der Waals surface area contributed by atoms with Gasteiger partial charge < -0.3 is 23.3 Å². The predicted molar refractivity (Wildman–Crippen MR) is 172 cm³/mol. The van der Waals surface area contributed by atoms with Crippen LogP contribution in [-0.4, -0.2) is 65.0 Å². The van der Waals surface area contributed by atoms with E-state index in [-0.39, 0.29) is 25.7 Å². The topological polar surface area (TPSA) is 204 Å². The summed E-state index contributed by atoms with van der Waals surface area (Å²) in [6.45, 7) is 12.3. The van der Waals surface area contributed by atoms with Crippen molar-refractivity contribution in [1.29, 1.82) is 0 Å². The van der Waals surface area contributed by atoms with Crippen molar-refractivity contribution >= 4 is 19.8 Å². The van der Waals surface area contributed by atoms with Crippen molar-refractivity contribution in [3.8, 4) is 0 Å². The highest BCUT2D eigenvalue weighted by molar-refractivity contribution is 7.55. The molecule has 5 heterocycles. The van der Waals surface area contributed by atoms with Crippen LogP contribution in [0.5, 0.6) is 0 Å². The Labute approximate surface area is 276 Å². The van der Waals surface area contributed by atoms with Gasteiger partial charge in [0.05, 0.1) is 36.5 Å². The molecule has 2 aliphatic heterocycles. The number of aryl methyl sites for hydroxylation is 2. The lowest BCUT2D eigenvalue weighted by Crippen LogP contribution is -2.33. The van der Waals surface area contributed by atoms with E-state index in [2.05, 4.69) is 20.3 Å². The molecule has 262 valence electrons. The van der Waals surface area contributed by atoms with E-state index in [1.165, 1.54) is 26.2 Å². The van der Waals surface area contributed by atoms with Crippen molar-refractivity contribution in [2.45, 2.75) is 105 Å². The Balaban J connectivity index is 1.34. The van der Waals surface area contributed by atoms with Gasteiger partial charge in [-0.1, -0.05) is 19.1 Å². The maximum absolute atomic E-state index is 12.6. The summed E-state index contributed by atoms with van der Waals surface area (Å²) in [5.41, 5.74) is -1.63. The minimum Gasteiger partial charge on any atom is -0.442 e. The lowest BCUT2D eigenvalue weighted by molar-refractivity contribution is -0.157. The zero-order valence-electron chi connectivity index (χ0n) is 28.0. The molecule has 0 aromatic carbocycles. The average molecular weight is 692 g/mol. The first kappa shape index (κ1) is 35.5. The SMILES string of the molecule is CC[C@H]1O[C@@H](n2cc(C)c(=O)[nH]c2=O)CC1OP(OC[C@H]1O[C@@H](n2cc(C)c(=O)[nH]c2=O)CC1C)c1cn(COC(=O)C(C)(C)C)nn1. The molecule has 0 spiro atoms. The van der Waals surface area contributed by atoms with Gasteiger partial charge in [-0.05, 0) is 53.4 Å². The van der Waals surface area contributed by atoms with Crippen molar-refractivity contribution < 1.29 is 28.1 Å². The molecule has 0 radical (unpaired) electrons. The quantitative estimate of drug-likeness (QED) is 0.217. The zero-order valence-corrected chi connectivity index (χ0v) is 28.9. The Morgan fingerprint density at radius 1 is 0.958 bits per heavy atom. The monoisotopic (exact) mass is 691 g/mol. The Kier molecular flexibility index (Phi) is 10.7. The minimum absolute atomic E-state index is 0.0172. The first-order valence-corrected chi connectivity index (χ1v) is 16.9. The van der Waals surface area contributed by atoms with Crippen LogP contribution in [0.1, 0.15) is 77.5 Å². The number of aromatic nitrogens is 7. The van der Waals surface area contributed by atoms with E-state index in [4.69, 9.17) is 23.3 Å². The standard InChI is InChI=1S/C30H42N7O10P/c1-8-19-20(10-24(45-19)37-12-18(4)26(39)32-29(37)42)47-48(22-13-35(34-33-22)15-43-27(40)30(5,6)7)44-14-21-16(2)9-23(46-21)36-11-17(3)25(38)31-28(36)41/h11-13,16,19-21,23-24H,8-10,14-15H2,1-7H3,(H,31,38,41)(H,32,39,42)/t16?,19-,20?,21-,23-,24-,48?/m1/s1. The van der Waals surface area contributed by atoms with Gasteiger partial charge >= 0.3 is 17.3 Å². The van der Waals surface area contributed by atoms with Crippen molar-refractivity contribution in [1.82, 2.24) is 34.1 Å². The molecule has 2 saturated heterocycles. The Morgan fingerprint density at radius 3 is 2.12 bits per heavy atom. The van der Waals surface area contributed by atoms with E-state index in [0.717, 1.165) is 0 Å². The summed E-state index contributed by atoms with van der Waals surface area (Å²) in [5.74, 6) is -0.419. The third kappa shape index (κ3) is 7.92. The van der Waals surface area contributed by atoms with Crippen molar-refractivity contribution in [2.75, 3.05) is 6.61 Å². The summed E-state index contributed by atoms with van der Waals surface area (Å²) >= 11 is 0. The van der Waals surface area contributed by atoms with E-state index in [1.54, 1.807) is 40.8 Å². The second kappa shape index (κ2) is 14.4. The van der Waals surface area contributed by atoms with Crippen LogP contribution in [0.2, 0.25) is 0 Å². The van der Waals surface area contributed by atoms with Gasteiger partial charge in [-0.15, -0.1) is 5.10 Å². The number of carbonyl (C=O) groups excluding carboxylic acids is 1. The molecule has 0 bridgehead atoms. The van der Waals surface area contributed by atoms with E-state index in [0.29, 0.717) is 29.4 Å². The molecule has 17 nitrogen and oxygen atoms in total. The summed E-state index contributed by atoms with van der Waals surface area (Å²) in [4.78, 5) is 65.9. The molecule has 2 N–H and O–H groups in total. The number of nitrogens with one attached hydrogen (secondary N) is 2. The van der Waals surface area contributed by atoms with Crippen molar-refractivity contribution in [3.63, 3.8) is 0 Å². The summed E-state index contributed by atoms with van der Waals surface area (Å²) < 4.78 is 34.8. The van der Waals surface area contributed by atoms with E-state index in [9.17, 15) is 24.0 Å². The second-order valence-electron chi connectivity index (χ2n) is 13.2. The van der Waals surface area contributed by atoms with Crippen LogP contribution in [0, 0.1) is 25.2 Å². The first-order valence-electron chi connectivity index (χ1n) is 15.8. The van der Waals surface area contributed by atoms with Crippen molar-refractivity contribution in [3.05, 3.63) is 71.4 Å². The fourth-order valence-corrected chi connectivity index (χ4v) is 6.77. The van der Waals surface area contributed by atoms with Crippen LogP contribution in [0.25, 0.3) is 0 Å². The smallest absolute Gasteiger partial charge is 0.330 e. The lowest BCUT2D eigenvalue weighted by Gasteiger charge is -2.24. The molecule has 3 unspecified atom stereocenters. The highest BCUT2D eigenvalue weighted by atomic mass is 31.2. The second-order valence-corrected chi connectivity index (χ2v) is 14.6. The highest BCUT2D eigenvalue weighted by Gasteiger charge is 2.41. The molecule has 3 aromatic heterocycles. The maximum atomic E-state index is 12.6. The highest BCUT2D eigenvalue weighted by Crippen LogP contribution is 2.45. The number of carbonyl (C=O) groups is 1. The Bertz CT molecular complexity index is 1860. The van der Waals surface area contributed by atoms with Gasteiger partial charge in [-0.25, -0.2) is 14.3 Å². The number of aromatic amines is 2. The molecule has 0 amide bonds. The summed E-state index contributed by atoms with van der Waals surface area (Å²) in [6, 6.07) is 0. The number of rotatable bonds is 11. The minimum atomic E-state index is -1.91. The molecule has 48 heavy (non-hydrogen) atoms. The van der Waals surface area contributed by atoms with Crippen LogP contribution in [-0.2, 0) is 34.8 Å². The number of ether oxygens (including phenoxy) is 3. The zero-order chi connectivity index (χ0) is 34.9. The number of hydrogen-bond acceptors (Lipinski definition) is 12. The fourth-order valence-electron chi connectivity index (χ4n) is 5.38. The number of nitrogens with zero attached hydrogens (tertiary/aromatic N) is 5. The summed E-state index contributed by atoms with van der Waals surface area (Å²) in [7, 11) is -1.91. The van der Waals surface area contributed by atoms with Gasteiger partial charge in [-0.2, -0.15) is 0 Å². The molecule has 0 saturated carbocycles. The summed E-state index contributed by atoms with van der Waals surface area (Å²) in [6.07, 6.45) is 3.24. The van der Waals surface area contributed by atoms with Crippen LogP contribution >= 0.6 is 8.38 Å². The fraction of sp³-hybridized carbons (Fsp3) is 0.633. The predicted octanol–water partition coefficient (Wildman–Crippen LogP) is 1.50. The number of H-pyrrole nitrogens is 2. The van der Waals surface area contributed by atoms with E-state index >= 15 is 0 Å². The molecule has 5 rings (SSSR count). The average Bonchev–Trinajstić information content (AvgIpc) is 3.75. The molecular weight excluding hydrogens is 649 g/mol. The molecule has 7 atom stereocenters. The Morgan fingerprint density at radius 2 is 1.54 bits per heavy atom. The largest absolute Gasteiger partial charge is 0.442 e. The molecular formula is C30H42N7O10P. The van der Waals surface area contributed by atoms with Crippen LogP contribution in [0.3, 0.4) is 0 Å². The number of hydrogen-bond donors (Lipinski definition) is 2. The van der Waals surface area contributed by atoms with Gasteiger partial charge in [0.2, 0.25) is 8.38 Å². The van der Waals surface area contributed by atoms with Gasteiger partial charge in [0.15, 0.2) is 12.2 Å². The van der Waals surface area contributed by atoms with E-state index < -0.39 is 73.0 Å². The molecule has 2 aliphatic rings. The van der Waals surface area contributed by atoms with Crippen LogP contribution in [0.15, 0.2) is 37.8 Å². The van der Waals surface area contributed by atoms with Gasteiger partial charge in [0.1, 0.15) is 12.5 Å². The molecule has 2 fully saturated rings. The first-order chi connectivity index (χ1) is 22.6. The molecule has 3 aromatic rings. The van der Waals surface area contributed by atoms with Crippen LogP contribution in [0.4, 0.5) is 0 Å². The molecule has 0 aliphatic carbocycles. The maximum Gasteiger partial charge on any atom is 0.330 e. The summed E-state index contributed by atoms with van der Waals surface area (Å²) in [5, 5.41) is 8.37.